The van der Waals surface area contributed by atoms with Gasteiger partial charge < -0.3 is 14.6 Å². The molecule has 3 heteroatoms. The lowest BCUT2D eigenvalue weighted by Crippen LogP contribution is -2.06. The van der Waals surface area contributed by atoms with E-state index in [0.717, 1.165) is 11.3 Å². The van der Waals surface area contributed by atoms with Crippen LogP contribution in [0.4, 0.5) is 0 Å². The Morgan fingerprint density at radius 1 is 1.37 bits per heavy atom. The highest BCUT2D eigenvalue weighted by molar-refractivity contribution is 5.29. The van der Waals surface area contributed by atoms with Gasteiger partial charge in [0.05, 0.1) is 12.2 Å². The van der Waals surface area contributed by atoms with Crippen LogP contribution in [0.1, 0.15) is 38.9 Å². The molecule has 3 nitrogen and oxygen atoms in total. The van der Waals surface area contributed by atoms with Gasteiger partial charge in [0, 0.05) is 0 Å². The number of hydrogen-bond acceptors (Lipinski definition) is 3. The van der Waals surface area contributed by atoms with E-state index in [1.54, 1.807) is 0 Å². The Bertz CT molecular complexity index is 432. The molecule has 1 heterocycles. The van der Waals surface area contributed by atoms with Crippen LogP contribution in [0.5, 0.6) is 5.75 Å². The van der Waals surface area contributed by atoms with E-state index >= 15 is 0 Å². The van der Waals surface area contributed by atoms with Gasteiger partial charge in [0.1, 0.15) is 18.5 Å². The number of epoxide rings is 1. The molecule has 19 heavy (non-hydrogen) atoms. The molecule has 1 N–H and O–H groups in total. The molecule has 1 saturated heterocycles. The van der Waals surface area contributed by atoms with Gasteiger partial charge in [-0.05, 0) is 44.9 Å². The van der Waals surface area contributed by atoms with Gasteiger partial charge in [-0.25, -0.2) is 0 Å². The van der Waals surface area contributed by atoms with E-state index in [1.807, 2.05) is 51.1 Å². The Balaban J connectivity index is 1.84. The maximum Gasteiger partial charge on any atom is 0.119 e. The van der Waals surface area contributed by atoms with Gasteiger partial charge in [0.2, 0.25) is 0 Å². The molecule has 0 bridgehead atoms. The molecule has 3 atom stereocenters. The van der Waals surface area contributed by atoms with Gasteiger partial charge >= 0.3 is 0 Å². The minimum absolute atomic E-state index is 0.239. The first kappa shape index (κ1) is 14.1. The number of aliphatic hydroxyl groups excluding tert-OH is 1. The average molecular weight is 262 g/mol. The molecule has 3 unspecified atom stereocenters. The molecule has 1 aromatic carbocycles. The van der Waals surface area contributed by atoms with E-state index in [2.05, 4.69) is 0 Å². The summed E-state index contributed by atoms with van der Waals surface area (Å²) in [7, 11) is 0. The van der Waals surface area contributed by atoms with Crippen molar-refractivity contribution < 1.29 is 14.6 Å². The third-order valence-corrected chi connectivity index (χ3v) is 3.26. The Kier molecular flexibility index (Phi) is 4.61. The first-order chi connectivity index (χ1) is 9.06. The summed E-state index contributed by atoms with van der Waals surface area (Å²) in [6, 6.07) is 7.62. The lowest BCUT2D eigenvalue weighted by molar-refractivity contribution is 0.181. The summed E-state index contributed by atoms with van der Waals surface area (Å²) in [4.78, 5) is 0. The number of benzene rings is 1. The molecule has 0 amide bonds. The Morgan fingerprint density at radius 3 is 2.53 bits per heavy atom. The van der Waals surface area contributed by atoms with Crippen LogP contribution in [0, 0.1) is 0 Å². The van der Waals surface area contributed by atoms with Gasteiger partial charge in [-0.15, -0.1) is 0 Å². The van der Waals surface area contributed by atoms with Crippen LogP contribution in [0.2, 0.25) is 0 Å². The predicted molar refractivity (Wildman–Crippen MR) is 75.3 cm³/mol. The first-order valence-electron chi connectivity index (χ1n) is 6.76. The second-order valence-electron chi connectivity index (χ2n) is 5.29. The summed E-state index contributed by atoms with van der Waals surface area (Å²) < 4.78 is 10.9. The van der Waals surface area contributed by atoms with Gasteiger partial charge in [-0.1, -0.05) is 23.8 Å². The third kappa shape index (κ3) is 4.37. The van der Waals surface area contributed by atoms with E-state index in [4.69, 9.17) is 9.47 Å². The molecular weight excluding hydrogens is 240 g/mol. The van der Waals surface area contributed by atoms with Gasteiger partial charge in [-0.3, -0.25) is 0 Å². The fourth-order valence-corrected chi connectivity index (χ4v) is 1.85. The van der Waals surface area contributed by atoms with Crippen molar-refractivity contribution in [3.63, 3.8) is 0 Å². The molecule has 1 aromatic rings. The van der Waals surface area contributed by atoms with Crippen LogP contribution in [0.15, 0.2) is 35.9 Å². The zero-order valence-electron chi connectivity index (χ0n) is 11.8. The summed E-state index contributed by atoms with van der Waals surface area (Å²) in [6.45, 7) is 6.70. The number of allylic oxidation sites excluding steroid dienone is 1. The van der Waals surface area contributed by atoms with E-state index in [9.17, 15) is 5.11 Å². The minimum Gasteiger partial charge on any atom is -0.491 e. The van der Waals surface area contributed by atoms with Crippen molar-refractivity contribution in [2.75, 3.05) is 6.61 Å². The van der Waals surface area contributed by atoms with Crippen molar-refractivity contribution in [3.05, 3.63) is 41.5 Å². The van der Waals surface area contributed by atoms with Crippen molar-refractivity contribution in [3.8, 4) is 5.75 Å². The quantitative estimate of drug-likeness (QED) is 0.632. The molecule has 0 aromatic heterocycles. The lowest BCUT2D eigenvalue weighted by Gasteiger charge is -2.10. The zero-order chi connectivity index (χ0) is 13.8. The molecule has 0 saturated carbocycles. The predicted octanol–water partition coefficient (Wildman–Crippen LogP) is 3.24. The Hall–Kier alpha value is -1.32. The minimum atomic E-state index is -0.448. The molecule has 1 aliphatic heterocycles. The normalized spacial score (nSPS) is 22.7. The number of hydrogen-bond donors (Lipinski definition) is 1. The monoisotopic (exact) mass is 262 g/mol. The lowest BCUT2D eigenvalue weighted by atomic mass is 10.1. The van der Waals surface area contributed by atoms with Crippen LogP contribution in [-0.2, 0) is 4.74 Å². The van der Waals surface area contributed by atoms with E-state index in [0.29, 0.717) is 19.1 Å². The van der Waals surface area contributed by atoms with E-state index < -0.39 is 6.10 Å². The van der Waals surface area contributed by atoms with Crippen molar-refractivity contribution >= 4 is 0 Å². The molecule has 0 aliphatic carbocycles. The molecule has 1 aliphatic rings. The maximum atomic E-state index is 10.0. The van der Waals surface area contributed by atoms with Crippen molar-refractivity contribution in [2.24, 2.45) is 0 Å². The highest BCUT2D eigenvalue weighted by Gasteiger charge is 2.34. The first-order valence-corrected chi connectivity index (χ1v) is 6.76. The van der Waals surface area contributed by atoms with Crippen LogP contribution in [-0.4, -0.2) is 23.9 Å². The van der Waals surface area contributed by atoms with Gasteiger partial charge in [0.25, 0.3) is 0 Å². The van der Waals surface area contributed by atoms with Crippen LogP contribution in [0.25, 0.3) is 0 Å². The summed E-state index contributed by atoms with van der Waals surface area (Å²) in [5.74, 6) is 0.820. The fraction of sp³-hybridized carbons (Fsp3) is 0.500. The fourth-order valence-electron chi connectivity index (χ4n) is 1.85. The molecule has 104 valence electrons. The summed E-state index contributed by atoms with van der Waals surface area (Å²) in [6.07, 6.45) is 2.81. The Labute approximate surface area is 114 Å². The highest BCUT2D eigenvalue weighted by Crippen LogP contribution is 2.24. The average Bonchev–Trinajstić information content (AvgIpc) is 3.10. The largest absolute Gasteiger partial charge is 0.491 e. The molecule has 0 spiro atoms. The van der Waals surface area contributed by atoms with E-state index in [1.165, 1.54) is 5.57 Å². The molecular formula is C16H22O3. The van der Waals surface area contributed by atoms with E-state index in [-0.39, 0.29) is 6.10 Å². The number of rotatable bonds is 6. The van der Waals surface area contributed by atoms with Gasteiger partial charge in [0.15, 0.2) is 0 Å². The second-order valence-corrected chi connectivity index (χ2v) is 5.29. The second kappa shape index (κ2) is 6.22. The highest BCUT2D eigenvalue weighted by atomic mass is 16.6. The standard InChI is InChI=1S/C16H22O3/c1-11(2)4-9-15(17)13-5-7-14(8-6-13)18-10-16-12(3)19-16/h4-8,12,15-17H,9-10H2,1-3H3. The van der Waals surface area contributed by atoms with Gasteiger partial charge in [-0.2, -0.15) is 0 Å². The van der Waals surface area contributed by atoms with Crippen molar-refractivity contribution in [2.45, 2.75) is 45.5 Å². The summed E-state index contributed by atoms with van der Waals surface area (Å²) >= 11 is 0. The topological polar surface area (TPSA) is 42.0 Å². The van der Waals surface area contributed by atoms with Crippen molar-refractivity contribution in [1.29, 1.82) is 0 Å². The smallest absolute Gasteiger partial charge is 0.119 e. The zero-order valence-corrected chi connectivity index (χ0v) is 11.8. The van der Waals surface area contributed by atoms with Crippen molar-refractivity contribution in [1.82, 2.24) is 0 Å². The SMILES string of the molecule is CC(C)=CCC(O)c1ccc(OCC2OC2C)cc1. The third-order valence-electron chi connectivity index (χ3n) is 3.26. The molecule has 1 fully saturated rings. The maximum absolute atomic E-state index is 10.0. The van der Waals surface area contributed by atoms with Crippen LogP contribution in [0.3, 0.4) is 0 Å². The summed E-state index contributed by atoms with van der Waals surface area (Å²) in [5, 5.41) is 10.0. The van der Waals surface area contributed by atoms with Crippen LogP contribution < -0.4 is 4.74 Å². The Morgan fingerprint density at radius 2 is 2.00 bits per heavy atom. The molecule has 0 radical (unpaired) electrons. The van der Waals surface area contributed by atoms with Crippen LogP contribution >= 0.6 is 0 Å². The molecule has 2 rings (SSSR count). The number of aliphatic hydroxyl groups is 1. The summed E-state index contributed by atoms with van der Waals surface area (Å²) in [5.41, 5.74) is 2.14. The number of ether oxygens (including phenoxy) is 2.